The van der Waals surface area contributed by atoms with Crippen molar-refractivity contribution >= 4 is 33.7 Å². The number of hydrogen-bond donors (Lipinski definition) is 2. The fourth-order valence-corrected chi connectivity index (χ4v) is 2.09. The molecule has 6 heteroatoms. The minimum Gasteiger partial charge on any atom is -0.337 e. The molecule has 0 radical (unpaired) electrons. The molecule has 2 aromatic heterocycles. The summed E-state index contributed by atoms with van der Waals surface area (Å²) in [5.41, 5.74) is 7.56. The maximum atomic E-state index is 4.46. The zero-order chi connectivity index (χ0) is 15.9. The summed E-state index contributed by atoms with van der Waals surface area (Å²) in [7, 11) is 0. The molecule has 0 spiro atoms. The lowest BCUT2D eigenvalue weighted by atomic mass is 9.91. The zero-order valence-electron chi connectivity index (χ0n) is 13.5. The van der Waals surface area contributed by atoms with Crippen molar-refractivity contribution in [3.05, 3.63) is 23.8 Å². The largest absolute Gasteiger partial charge is 0.337 e. The molecule has 0 aliphatic rings. The molecule has 6 nitrogen and oxygen atoms in total. The van der Waals surface area contributed by atoms with E-state index in [4.69, 9.17) is 0 Å². The highest BCUT2D eigenvalue weighted by molar-refractivity contribution is 6.04. The van der Waals surface area contributed by atoms with Gasteiger partial charge >= 0.3 is 0 Å². The summed E-state index contributed by atoms with van der Waals surface area (Å²) in [4.78, 5) is 7.76. The summed E-state index contributed by atoms with van der Waals surface area (Å²) in [6.07, 6.45) is 0. The lowest BCUT2D eigenvalue weighted by molar-refractivity contribution is 0.586. The van der Waals surface area contributed by atoms with Gasteiger partial charge in [-0.1, -0.05) is 39.0 Å². The molecule has 0 amide bonds. The maximum Gasteiger partial charge on any atom is 0.265 e. The average molecular weight is 296 g/mol. The first-order chi connectivity index (χ1) is 10.4. The Morgan fingerprint density at radius 1 is 1.23 bits per heavy atom. The van der Waals surface area contributed by atoms with E-state index in [1.54, 1.807) is 0 Å². The van der Waals surface area contributed by atoms with Crippen LogP contribution in [0, 0.1) is 12.3 Å². The van der Waals surface area contributed by atoms with Crippen LogP contribution in [0.5, 0.6) is 0 Å². The summed E-state index contributed by atoms with van der Waals surface area (Å²) < 4.78 is 0. The molecule has 2 N–H and O–H groups in total. The molecule has 0 aliphatic carbocycles. The number of benzene rings is 1. The van der Waals surface area contributed by atoms with Crippen molar-refractivity contribution in [3.63, 3.8) is 0 Å². The van der Waals surface area contributed by atoms with Crippen LogP contribution in [-0.4, -0.2) is 25.9 Å². The minimum absolute atomic E-state index is 0.00273. The molecule has 114 valence electrons. The monoisotopic (exact) mass is 296 g/mol. The van der Waals surface area contributed by atoms with Gasteiger partial charge in [0.25, 0.3) is 5.95 Å². The Morgan fingerprint density at radius 3 is 2.73 bits per heavy atom. The highest BCUT2D eigenvalue weighted by Gasteiger charge is 2.15. The van der Waals surface area contributed by atoms with Gasteiger partial charge in [0.1, 0.15) is 5.52 Å². The van der Waals surface area contributed by atoms with E-state index >= 15 is 0 Å². The third-order valence-electron chi connectivity index (χ3n) is 3.87. The highest BCUT2D eigenvalue weighted by atomic mass is 15.4. The van der Waals surface area contributed by atoms with Crippen LogP contribution in [0.3, 0.4) is 0 Å². The van der Waals surface area contributed by atoms with E-state index in [-0.39, 0.29) is 5.41 Å². The van der Waals surface area contributed by atoms with Crippen molar-refractivity contribution in [3.8, 4) is 0 Å². The molecule has 0 bridgehead atoms. The third kappa shape index (κ3) is 2.52. The number of fused-ring (bicyclic) bond motifs is 3. The molecule has 0 fully saturated rings. The maximum absolute atomic E-state index is 4.46. The van der Waals surface area contributed by atoms with Gasteiger partial charge in [0.2, 0.25) is 0 Å². The quantitative estimate of drug-likeness (QED) is 0.559. The smallest absolute Gasteiger partial charge is 0.265 e. The predicted octanol–water partition coefficient (Wildman–Crippen LogP) is 3.65. The van der Waals surface area contributed by atoms with Crippen molar-refractivity contribution in [1.82, 2.24) is 20.2 Å². The molecule has 22 heavy (non-hydrogen) atoms. The standard InChI is InChI=1S/C16H20N6/c1-9-7-6-8-11-12(9)17-14-13(11)20-22-15(18-14)21-19-10(2)16(3,4)5/h6-8H,1-5H3,(H2,17,18,21,22)/b19-10+. The first kappa shape index (κ1) is 14.4. The summed E-state index contributed by atoms with van der Waals surface area (Å²) >= 11 is 0. The van der Waals surface area contributed by atoms with E-state index in [2.05, 4.69) is 64.5 Å². The number of para-hydroxylation sites is 1. The Hall–Kier alpha value is -2.50. The summed E-state index contributed by atoms with van der Waals surface area (Å²) in [5.74, 6) is 0.389. The van der Waals surface area contributed by atoms with Crippen LogP contribution < -0.4 is 5.43 Å². The Kier molecular flexibility index (Phi) is 3.31. The number of nitrogens with zero attached hydrogens (tertiary/aromatic N) is 4. The van der Waals surface area contributed by atoms with Gasteiger partial charge in [-0.2, -0.15) is 10.1 Å². The molecular formula is C16H20N6. The van der Waals surface area contributed by atoms with E-state index in [1.165, 1.54) is 0 Å². The van der Waals surface area contributed by atoms with Gasteiger partial charge in [0.05, 0.1) is 5.52 Å². The number of hydrazone groups is 1. The van der Waals surface area contributed by atoms with E-state index < -0.39 is 0 Å². The second kappa shape index (κ2) is 5.05. The molecule has 0 saturated carbocycles. The summed E-state index contributed by atoms with van der Waals surface area (Å²) in [5, 5.41) is 13.8. The average Bonchev–Trinajstić information content (AvgIpc) is 2.83. The number of anilines is 1. The van der Waals surface area contributed by atoms with Gasteiger partial charge < -0.3 is 4.98 Å². The lowest BCUT2D eigenvalue weighted by Gasteiger charge is -2.17. The number of aryl methyl sites for hydroxylation is 1. The summed E-state index contributed by atoms with van der Waals surface area (Å²) in [6, 6.07) is 6.09. The Bertz CT molecular complexity index is 869. The van der Waals surface area contributed by atoms with E-state index in [1.807, 2.05) is 19.1 Å². The van der Waals surface area contributed by atoms with Crippen molar-refractivity contribution < 1.29 is 0 Å². The molecule has 0 atom stereocenters. The zero-order valence-corrected chi connectivity index (χ0v) is 13.5. The Morgan fingerprint density at radius 2 is 2.00 bits per heavy atom. The Balaban J connectivity index is 2.00. The molecule has 0 aliphatic heterocycles. The topological polar surface area (TPSA) is 78.8 Å². The third-order valence-corrected chi connectivity index (χ3v) is 3.87. The SMILES string of the molecule is C/C(=N\Nc1nnc2c(n1)[nH]c1c(C)cccc12)C(C)(C)C. The number of aromatic amines is 1. The van der Waals surface area contributed by atoms with Crippen LogP contribution in [0.4, 0.5) is 5.95 Å². The van der Waals surface area contributed by atoms with Crippen molar-refractivity contribution in [2.45, 2.75) is 34.6 Å². The second-order valence-corrected chi connectivity index (χ2v) is 6.51. The fourth-order valence-electron chi connectivity index (χ4n) is 2.09. The molecule has 3 aromatic rings. The van der Waals surface area contributed by atoms with Gasteiger partial charge in [0.15, 0.2) is 5.65 Å². The fraction of sp³-hybridized carbons (Fsp3) is 0.375. The molecule has 2 heterocycles. The normalized spacial score (nSPS) is 13.0. The first-order valence-electron chi connectivity index (χ1n) is 7.29. The van der Waals surface area contributed by atoms with Gasteiger partial charge in [0, 0.05) is 16.5 Å². The van der Waals surface area contributed by atoms with Gasteiger partial charge in [-0.25, -0.2) is 5.43 Å². The predicted molar refractivity (Wildman–Crippen MR) is 90.1 cm³/mol. The molecule has 3 rings (SSSR count). The van der Waals surface area contributed by atoms with Gasteiger partial charge in [-0.3, -0.25) is 0 Å². The van der Waals surface area contributed by atoms with Gasteiger partial charge in [-0.05, 0) is 19.4 Å². The molecular weight excluding hydrogens is 276 g/mol. The van der Waals surface area contributed by atoms with Crippen LogP contribution in [0.1, 0.15) is 33.3 Å². The number of rotatable bonds is 2. The second-order valence-electron chi connectivity index (χ2n) is 6.51. The number of aromatic nitrogens is 4. The first-order valence-corrected chi connectivity index (χ1v) is 7.29. The van der Waals surface area contributed by atoms with Gasteiger partial charge in [-0.15, -0.1) is 10.2 Å². The number of nitrogens with one attached hydrogen (secondary N) is 2. The number of H-pyrrole nitrogens is 1. The molecule has 0 saturated heterocycles. The minimum atomic E-state index is 0.00273. The van der Waals surface area contributed by atoms with E-state index in [0.717, 1.165) is 27.7 Å². The van der Waals surface area contributed by atoms with Crippen molar-refractivity contribution in [2.24, 2.45) is 10.5 Å². The van der Waals surface area contributed by atoms with Crippen molar-refractivity contribution in [2.75, 3.05) is 5.43 Å². The van der Waals surface area contributed by atoms with Crippen molar-refractivity contribution in [1.29, 1.82) is 0 Å². The molecule has 0 unspecified atom stereocenters. The molecule has 1 aromatic carbocycles. The van der Waals surface area contributed by atoms with Crippen LogP contribution in [0.25, 0.3) is 22.1 Å². The summed E-state index contributed by atoms with van der Waals surface area (Å²) in [6.45, 7) is 10.4. The Labute approximate surface area is 129 Å². The van der Waals surface area contributed by atoms with E-state index in [9.17, 15) is 0 Å². The van der Waals surface area contributed by atoms with E-state index in [0.29, 0.717) is 11.6 Å². The highest BCUT2D eigenvalue weighted by Crippen LogP contribution is 2.24. The van der Waals surface area contributed by atoms with Crippen LogP contribution in [0.15, 0.2) is 23.3 Å². The van der Waals surface area contributed by atoms with Crippen LogP contribution >= 0.6 is 0 Å². The van der Waals surface area contributed by atoms with Crippen LogP contribution in [-0.2, 0) is 0 Å². The van der Waals surface area contributed by atoms with Crippen LogP contribution in [0.2, 0.25) is 0 Å². The lowest BCUT2D eigenvalue weighted by Crippen LogP contribution is -2.18. The number of hydrogen-bond acceptors (Lipinski definition) is 5.